The smallest absolute Gasteiger partial charge is 0.255 e. The monoisotopic (exact) mass is 414 g/mol. The van der Waals surface area contributed by atoms with Crippen LogP contribution in [-0.2, 0) is 16.0 Å². The zero-order chi connectivity index (χ0) is 21.5. The summed E-state index contributed by atoms with van der Waals surface area (Å²) in [6.45, 7) is -0.318. The third-order valence-corrected chi connectivity index (χ3v) is 3.95. The Balaban J connectivity index is 1.57. The van der Waals surface area contributed by atoms with E-state index in [1.54, 1.807) is 12.1 Å². The fraction of sp³-hybridized carbons (Fsp3) is 0.200. The van der Waals surface area contributed by atoms with Crippen LogP contribution in [0.15, 0.2) is 47.0 Å². The van der Waals surface area contributed by atoms with Crippen molar-refractivity contribution >= 4 is 17.5 Å². The molecule has 0 aliphatic rings. The molecule has 0 radical (unpaired) electrons. The minimum Gasteiger partial charge on any atom is -0.493 e. The number of hydrogen-bond acceptors (Lipinski definition) is 7. The van der Waals surface area contributed by atoms with E-state index in [1.807, 2.05) is 0 Å². The lowest BCUT2D eigenvalue weighted by Crippen LogP contribution is -2.20. The number of aryl methyl sites for hydroxylation is 1. The van der Waals surface area contributed by atoms with Crippen molar-refractivity contribution in [1.82, 2.24) is 10.1 Å². The fourth-order valence-corrected chi connectivity index (χ4v) is 2.53. The molecular weight excluding hydrogens is 395 g/mol. The van der Waals surface area contributed by atoms with Gasteiger partial charge >= 0.3 is 0 Å². The van der Waals surface area contributed by atoms with Gasteiger partial charge in [0, 0.05) is 30.2 Å². The van der Waals surface area contributed by atoms with Gasteiger partial charge in [-0.25, -0.2) is 4.39 Å². The van der Waals surface area contributed by atoms with Gasteiger partial charge in [0.05, 0.1) is 7.11 Å². The van der Waals surface area contributed by atoms with Gasteiger partial charge in [0.2, 0.25) is 17.6 Å². The van der Waals surface area contributed by atoms with Crippen molar-refractivity contribution in [3.63, 3.8) is 0 Å². The second-order valence-electron chi connectivity index (χ2n) is 6.19. The van der Waals surface area contributed by atoms with Gasteiger partial charge in [0.25, 0.3) is 5.91 Å². The van der Waals surface area contributed by atoms with E-state index in [9.17, 15) is 14.0 Å². The molecule has 0 aliphatic carbocycles. The topological polar surface area (TPSA) is 130 Å². The zero-order valence-electron chi connectivity index (χ0n) is 16.1. The summed E-state index contributed by atoms with van der Waals surface area (Å²) >= 11 is 0. The molecule has 10 heteroatoms. The molecule has 0 fully saturated rings. The number of anilines is 1. The summed E-state index contributed by atoms with van der Waals surface area (Å²) in [6.07, 6.45) is 0.315. The van der Waals surface area contributed by atoms with Gasteiger partial charge in [-0.2, -0.15) is 4.98 Å². The largest absolute Gasteiger partial charge is 0.493 e. The Morgan fingerprint density at radius 3 is 2.63 bits per heavy atom. The third kappa shape index (κ3) is 5.53. The SMILES string of the molecule is COc1ccc(NC(=O)CCc2nc(-c3ccc(F)cc3)no2)cc1OCC(N)=O. The van der Waals surface area contributed by atoms with Gasteiger partial charge in [-0.15, -0.1) is 0 Å². The number of hydrogen-bond donors (Lipinski definition) is 2. The molecule has 0 spiro atoms. The summed E-state index contributed by atoms with van der Waals surface area (Å²) in [5, 5.41) is 6.55. The molecule has 0 aliphatic heterocycles. The number of halogens is 1. The van der Waals surface area contributed by atoms with Crippen LogP contribution in [0.4, 0.5) is 10.1 Å². The van der Waals surface area contributed by atoms with Crippen molar-refractivity contribution in [3.8, 4) is 22.9 Å². The van der Waals surface area contributed by atoms with Gasteiger partial charge in [-0.3, -0.25) is 9.59 Å². The quantitative estimate of drug-likeness (QED) is 0.550. The molecular formula is C20H19FN4O5. The molecule has 0 saturated carbocycles. The molecule has 0 atom stereocenters. The van der Waals surface area contributed by atoms with Crippen LogP contribution in [-0.4, -0.2) is 35.7 Å². The minimum absolute atomic E-state index is 0.0918. The number of nitrogens with one attached hydrogen (secondary N) is 1. The lowest BCUT2D eigenvalue weighted by molar-refractivity contribution is -0.120. The van der Waals surface area contributed by atoms with Crippen LogP contribution in [0.25, 0.3) is 11.4 Å². The molecule has 3 aromatic rings. The summed E-state index contributed by atoms with van der Waals surface area (Å²) in [7, 11) is 1.45. The van der Waals surface area contributed by atoms with E-state index >= 15 is 0 Å². The lowest BCUT2D eigenvalue weighted by atomic mass is 10.2. The van der Waals surface area contributed by atoms with Crippen LogP contribution < -0.4 is 20.5 Å². The predicted molar refractivity (Wildman–Crippen MR) is 104 cm³/mol. The Morgan fingerprint density at radius 2 is 1.93 bits per heavy atom. The molecule has 1 aromatic heterocycles. The highest BCUT2D eigenvalue weighted by Crippen LogP contribution is 2.30. The molecule has 3 rings (SSSR count). The van der Waals surface area contributed by atoms with Gasteiger partial charge in [-0.1, -0.05) is 5.16 Å². The molecule has 3 N–H and O–H groups in total. The van der Waals surface area contributed by atoms with E-state index in [0.717, 1.165) is 0 Å². The van der Waals surface area contributed by atoms with E-state index in [0.29, 0.717) is 22.8 Å². The van der Waals surface area contributed by atoms with Crippen molar-refractivity contribution < 1.29 is 28.0 Å². The summed E-state index contributed by atoms with van der Waals surface area (Å²) in [4.78, 5) is 27.4. The Morgan fingerprint density at radius 1 is 1.17 bits per heavy atom. The van der Waals surface area contributed by atoms with Crippen molar-refractivity contribution in [2.24, 2.45) is 5.73 Å². The Labute approximate surface area is 171 Å². The average Bonchev–Trinajstić information content (AvgIpc) is 3.20. The zero-order valence-corrected chi connectivity index (χ0v) is 16.1. The standard InChI is InChI=1S/C20H19FN4O5/c1-28-15-7-6-14(10-16(15)29-11-17(22)26)23-18(27)8-9-19-24-20(25-30-19)12-2-4-13(21)5-3-12/h2-7,10H,8-9,11H2,1H3,(H2,22,26)(H,23,27). The molecule has 0 saturated heterocycles. The Kier molecular flexibility index (Phi) is 6.58. The predicted octanol–water partition coefficient (Wildman–Crippen LogP) is 2.32. The minimum atomic E-state index is -0.633. The van der Waals surface area contributed by atoms with Crippen molar-refractivity contribution in [1.29, 1.82) is 0 Å². The van der Waals surface area contributed by atoms with E-state index in [4.69, 9.17) is 19.7 Å². The summed E-state index contributed by atoms with van der Waals surface area (Å²) < 4.78 is 28.6. The first kappa shape index (κ1) is 20.8. The van der Waals surface area contributed by atoms with Crippen LogP contribution in [0, 0.1) is 5.82 Å². The maximum absolute atomic E-state index is 13.0. The molecule has 156 valence electrons. The fourth-order valence-electron chi connectivity index (χ4n) is 2.53. The second-order valence-corrected chi connectivity index (χ2v) is 6.19. The van der Waals surface area contributed by atoms with E-state index in [2.05, 4.69) is 15.5 Å². The number of methoxy groups -OCH3 is 1. The maximum Gasteiger partial charge on any atom is 0.255 e. The molecule has 0 bridgehead atoms. The van der Waals surface area contributed by atoms with Crippen molar-refractivity contribution in [3.05, 3.63) is 54.2 Å². The Bertz CT molecular complexity index is 1040. The average molecular weight is 414 g/mol. The number of carbonyl (C=O) groups excluding carboxylic acids is 2. The third-order valence-electron chi connectivity index (χ3n) is 3.95. The maximum atomic E-state index is 13.0. The van der Waals surface area contributed by atoms with E-state index < -0.39 is 5.91 Å². The number of benzene rings is 2. The normalized spacial score (nSPS) is 10.5. The molecule has 9 nitrogen and oxygen atoms in total. The molecule has 2 amide bonds. The van der Waals surface area contributed by atoms with Crippen molar-refractivity contribution in [2.45, 2.75) is 12.8 Å². The van der Waals surface area contributed by atoms with Gasteiger partial charge < -0.3 is 25.0 Å². The van der Waals surface area contributed by atoms with E-state index in [-0.39, 0.29) is 42.8 Å². The number of amides is 2. The van der Waals surface area contributed by atoms with Crippen LogP contribution in [0.2, 0.25) is 0 Å². The summed E-state index contributed by atoms with van der Waals surface area (Å²) in [5.41, 5.74) is 6.14. The van der Waals surface area contributed by atoms with Crippen LogP contribution in [0.5, 0.6) is 11.5 Å². The molecule has 1 heterocycles. The number of primary amides is 1. The lowest BCUT2D eigenvalue weighted by Gasteiger charge is -2.12. The van der Waals surface area contributed by atoms with Gasteiger partial charge in [0.15, 0.2) is 18.1 Å². The summed E-state index contributed by atoms with van der Waals surface area (Å²) in [6, 6.07) is 10.4. The molecule has 2 aromatic carbocycles. The van der Waals surface area contributed by atoms with Crippen LogP contribution in [0.3, 0.4) is 0 Å². The van der Waals surface area contributed by atoms with Crippen LogP contribution >= 0.6 is 0 Å². The van der Waals surface area contributed by atoms with Crippen molar-refractivity contribution in [2.75, 3.05) is 19.0 Å². The van der Waals surface area contributed by atoms with E-state index in [1.165, 1.54) is 37.4 Å². The highest BCUT2D eigenvalue weighted by Gasteiger charge is 2.13. The molecule has 30 heavy (non-hydrogen) atoms. The highest BCUT2D eigenvalue weighted by molar-refractivity contribution is 5.91. The highest BCUT2D eigenvalue weighted by atomic mass is 19.1. The van der Waals surface area contributed by atoms with Crippen LogP contribution in [0.1, 0.15) is 12.3 Å². The first-order chi connectivity index (χ1) is 14.4. The van der Waals surface area contributed by atoms with Gasteiger partial charge in [-0.05, 0) is 36.4 Å². The number of aromatic nitrogens is 2. The number of carbonyl (C=O) groups is 2. The number of nitrogens with zero attached hydrogens (tertiary/aromatic N) is 2. The first-order valence-corrected chi connectivity index (χ1v) is 8.92. The second kappa shape index (κ2) is 9.50. The number of nitrogens with two attached hydrogens (primary N) is 1. The van der Waals surface area contributed by atoms with Gasteiger partial charge in [0.1, 0.15) is 5.82 Å². The molecule has 0 unspecified atom stereocenters. The summed E-state index contributed by atoms with van der Waals surface area (Å²) in [5.74, 6) is -0.0145. The number of ether oxygens (including phenoxy) is 2. The first-order valence-electron chi connectivity index (χ1n) is 8.92. The Hall–Kier alpha value is -3.95. The number of rotatable bonds is 9.